The summed E-state index contributed by atoms with van der Waals surface area (Å²) in [5, 5.41) is 8.66. The first-order chi connectivity index (χ1) is 13.8. The summed E-state index contributed by atoms with van der Waals surface area (Å²) in [4.78, 5) is 32.8. The number of benzene rings is 1. The Bertz CT molecular complexity index is 576. The molecule has 2 unspecified atom stereocenters. The number of likely N-dealkylation sites (tertiary alicyclic amines) is 1. The lowest BCUT2D eigenvalue weighted by Crippen LogP contribution is -2.38. The van der Waals surface area contributed by atoms with Crippen molar-refractivity contribution in [3.63, 3.8) is 0 Å². The maximum Gasteiger partial charge on any atom is 0.336 e. The number of nitrogens with zero attached hydrogens (tertiary/aromatic N) is 1. The Morgan fingerprint density at radius 2 is 1.59 bits per heavy atom. The van der Waals surface area contributed by atoms with E-state index in [2.05, 4.69) is 17.7 Å². The molecule has 1 aromatic carbocycles. The zero-order chi connectivity index (χ0) is 22.2. The Balaban J connectivity index is 0.000000459. The smallest absolute Gasteiger partial charge is 0.336 e. The largest absolute Gasteiger partial charge is 0.478 e. The van der Waals surface area contributed by atoms with Crippen molar-refractivity contribution in [3.05, 3.63) is 35.4 Å². The van der Waals surface area contributed by atoms with Crippen LogP contribution in [0.2, 0.25) is 0 Å². The van der Waals surface area contributed by atoms with Crippen LogP contribution in [0.5, 0.6) is 0 Å². The van der Waals surface area contributed by atoms with E-state index in [-0.39, 0.29) is 23.5 Å². The van der Waals surface area contributed by atoms with Crippen LogP contribution < -0.4 is 5.73 Å². The number of hydrogen-bond acceptors (Lipinski definition) is 7. The van der Waals surface area contributed by atoms with E-state index in [1.807, 2.05) is 0 Å². The minimum Gasteiger partial charge on any atom is -0.478 e. The fourth-order valence-corrected chi connectivity index (χ4v) is 2.89. The van der Waals surface area contributed by atoms with E-state index < -0.39 is 5.97 Å². The third-order valence-corrected chi connectivity index (χ3v) is 4.38. The zero-order valence-corrected chi connectivity index (χ0v) is 17.8. The van der Waals surface area contributed by atoms with Crippen molar-refractivity contribution in [1.82, 2.24) is 4.90 Å². The molecule has 0 radical (unpaired) electrons. The Kier molecular flexibility index (Phi) is 14.6. The molecular weight excluding hydrogens is 376 g/mol. The van der Waals surface area contributed by atoms with E-state index in [9.17, 15) is 9.59 Å². The summed E-state index contributed by atoms with van der Waals surface area (Å²) < 4.78 is 10.8. The molecule has 1 heterocycles. The van der Waals surface area contributed by atoms with Crippen LogP contribution in [0.15, 0.2) is 24.3 Å². The first-order valence-electron chi connectivity index (χ1n) is 9.51. The summed E-state index contributed by atoms with van der Waals surface area (Å²) in [6, 6.07) is 6.16. The number of hydrogen-bond donors (Lipinski definition) is 2. The van der Waals surface area contributed by atoms with Gasteiger partial charge in [-0.05, 0) is 39.3 Å². The van der Waals surface area contributed by atoms with Crippen molar-refractivity contribution in [2.75, 3.05) is 40.9 Å². The van der Waals surface area contributed by atoms with E-state index in [1.54, 1.807) is 26.4 Å². The number of carbonyl (C=O) groups excluding carboxylic acids is 2. The van der Waals surface area contributed by atoms with Crippen LogP contribution in [0.25, 0.3) is 0 Å². The lowest BCUT2D eigenvalue weighted by atomic mass is 10.0. The molecule has 1 aliphatic rings. The summed E-state index contributed by atoms with van der Waals surface area (Å²) in [6.07, 6.45) is 4.98. The fraction of sp³-hybridized carbons (Fsp3) is 0.571. The molecule has 29 heavy (non-hydrogen) atoms. The van der Waals surface area contributed by atoms with E-state index in [1.165, 1.54) is 25.5 Å². The van der Waals surface area contributed by atoms with Gasteiger partial charge in [0.05, 0.1) is 17.8 Å². The number of ketones is 1. The van der Waals surface area contributed by atoms with E-state index in [0.717, 1.165) is 25.9 Å². The number of carbonyl (C=O) groups is 3. The highest BCUT2D eigenvalue weighted by molar-refractivity contribution is 6.04. The van der Waals surface area contributed by atoms with Crippen LogP contribution >= 0.6 is 0 Å². The third kappa shape index (κ3) is 11.5. The SMILES string of the molecule is CC(=O)c1ccccc1C(=O)O.COC1CCCC(OC)CN(C)C1.NCC=O. The van der Waals surface area contributed by atoms with Crippen LogP contribution in [0.3, 0.4) is 0 Å². The van der Waals surface area contributed by atoms with Crippen molar-refractivity contribution >= 4 is 18.0 Å². The standard InChI is InChI=1S/C10H21NO2.C9H8O3.C2H5NO/c1-11-7-9(12-2)5-4-6-10(8-11)13-3;1-6(10)7-4-2-3-5-8(7)9(11)12;3-1-2-4/h9-10H,4-8H2,1-3H3;2-5H,1H3,(H,11,12);2H,1,3H2. The predicted molar refractivity (Wildman–Crippen MR) is 111 cm³/mol. The van der Waals surface area contributed by atoms with Gasteiger partial charge >= 0.3 is 5.97 Å². The number of ether oxygens (including phenoxy) is 2. The lowest BCUT2D eigenvalue weighted by molar-refractivity contribution is -0.106. The summed E-state index contributed by atoms with van der Waals surface area (Å²) >= 11 is 0. The Labute approximate surface area is 173 Å². The molecule has 0 aliphatic carbocycles. The molecule has 0 bridgehead atoms. The van der Waals surface area contributed by atoms with Crippen LogP contribution in [0, 0.1) is 0 Å². The van der Waals surface area contributed by atoms with E-state index in [4.69, 9.17) is 19.4 Å². The molecule has 1 saturated heterocycles. The second kappa shape index (κ2) is 15.8. The third-order valence-electron chi connectivity index (χ3n) is 4.38. The number of nitrogens with two attached hydrogens (primary N) is 1. The summed E-state index contributed by atoms with van der Waals surface area (Å²) in [5.74, 6) is -1.30. The van der Waals surface area contributed by atoms with Crippen molar-refractivity contribution in [3.8, 4) is 0 Å². The maximum atomic E-state index is 10.9. The highest BCUT2D eigenvalue weighted by Crippen LogP contribution is 2.14. The highest BCUT2D eigenvalue weighted by atomic mass is 16.5. The van der Waals surface area contributed by atoms with Crippen molar-refractivity contribution in [2.24, 2.45) is 5.73 Å². The van der Waals surface area contributed by atoms with Crippen LogP contribution in [0.1, 0.15) is 46.9 Å². The van der Waals surface area contributed by atoms with Gasteiger partial charge in [0.2, 0.25) is 0 Å². The number of rotatable bonds is 5. The molecule has 3 N–H and O–H groups in total. The summed E-state index contributed by atoms with van der Waals surface area (Å²) in [5.41, 5.74) is 4.97. The molecule has 0 amide bonds. The number of aromatic carboxylic acids is 1. The number of likely N-dealkylation sites (N-methyl/N-ethyl adjacent to an activating group) is 1. The van der Waals surface area contributed by atoms with Crippen molar-refractivity contribution in [2.45, 2.75) is 38.4 Å². The van der Waals surface area contributed by atoms with Gasteiger partial charge in [-0.3, -0.25) is 4.79 Å². The molecule has 1 aromatic rings. The average molecular weight is 411 g/mol. The van der Waals surface area contributed by atoms with Gasteiger partial charge in [0.1, 0.15) is 6.29 Å². The maximum absolute atomic E-state index is 10.9. The van der Waals surface area contributed by atoms with Crippen LogP contribution in [-0.4, -0.2) is 81.2 Å². The molecule has 0 aromatic heterocycles. The van der Waals surface area contributed by atoms with E-state index in [0.29, 0.717) is 18.5 Å². The molecule has 0 saturated carbocycles. The molecule has 2 rings (SSSR count). The van der Waals surface area contributed by atoms with Gasteiger partial charge in [-0.15, -0.1) is 0 Å². The number of methoxy groups -OCH3 is 2. The van der Waals surface area contributed by atoms with Gasteiger partial charge < -0.3 is 30.0 Å². The minimum atomic E-state index is -1.07. The van der Waals surface area contributed by atoms with Gasteiger partial charge in [-0.1, -0.05) is 18.2 Å². The Morgan fingerprint density at radius 1 is 1.14 bits per heavy atom. The number of aldehydes is 1. The Morgan fingerprint density at radius 3 is 1.90 bits per heavy atom. The average Bonchev–Trinajstić information content (AvgIpc) is 2.70. The van der Waals surface area contributed by atoms with E-state index >= 15 is 0 Å². The van der Waals surface area contributed by atoms with Gasteiger partial charge in [-0.2, -0.15) is 0 Å². The number of Topliss-reactive ketones (excluding diaryl/α,β-unsaturated/α-hetero) is 1. The van der Waals surface area contributed by atoms with Gasteiger partial charge in [0.15, 0.2) is 5.78 Å². The van der Waals surface area contributed by atoms with Crippen molar-refractivity contribution < 1.29 is 29.0 Å². The monoisotopic (exact) mass is 410 g/mol. The predicted octanol–water partition coefficient (Wildman–Crippen LogP) is 1.86. The molecule has 2 atom stereocenters. The van der Waals surface area contributed by atoms with Gasteiger partial charge in [0, 0.05) is 39.4 Å². The Hall–Kier alpha value is -2.13. The molecular formula is C21H34N2O6. The summed E-state index contributed by atoms with van der Waals surface area (Å²) in [6.45, 7) is 3.54. The first kappa shape index (κ1) is 26.9. The molecule has 8 heteroatoms. The molecule has 0 spiro atoms. The highest BCUT2D eigenvalue weighted by Gasteiger charge is 2.19. The zero-order valence-electron chi connectivity index (χ0n) is 17.8. The first-order valence-corrected chi connectivity index (χ1v) is 9.51. The van der Waals surface area contributed by atoms with Gasteiger partial charge in [0.25, 0.3) is 0 Å². The number of carboxylic acid groups (broad SMARTS) is 1. The topological polar surface area (TPSA) is 119 Å². The second-order valence-electron chi connectivity index (χ2n) is 6.68. The minimum absolute atomic E-state index is 0.0602. The lowest BCUT2D eigenvalue weighted by Gasteiger charge is -2.29. The quantitative estimate of drug-likeness (QED) is 0.558. The van der Waals surface area contributed by atoms with Crippen LogP contribution in [-0.2, 0) is 14.3 Å². The molecule has 1 fully saturated rings. The van der Waals surface area contributed by atoms with Crippen LogP contribution in [0.4, 0.5) is 0 Å². The normalized spacial score (nSPS) is 19.3. The second-order valence-corrected chi connectivity index (χ2v) is 6.68. The summed E-state index contributed by atoms with van der Waals surface area (Å²) in [7, 11) is 5.73. The van der Waals surface area contributed by atoms with Gasteiger partial charge in [-0.25, -0.2) is 4.79 Å². The molecule has 8 nitrogen and oxygen atoms in total. The fourth-order valence-electron chi connectivity index (χ4n) is 2.89. The van der Waals surface area contributed by atoms with Crippen molar-refractivity contribution in [1.29, 1.82) is 0 Å². The molecule has 1 aliphatic heterocycles. The number of carboxylic acids is 1. The molecule has 164 valence electrons.